The topological polar surface area (TPSA) is 40.5 Å². The average molecular weight is 250 g/mol. The van der Waals surface area contributed by atoms with Crippen molar-refractivity contribution >= 4 is 5.57 Å². The summed E-state index contributed by atoms with van der Waals surface area (Å²) in [6, 6.07) is 12.3. The van der Waals surface area contributed by atoms with Crippen molar-refractivity contribution in [3.8, 4) is 11.1 Å². The number of rotatable bonds is 0. The molecule has 2 unspecified atom stereocenters. The molecule has 0 saturated heterocycles. The molecule has 94 valence electrons. The van der Waals surface area contributed by atoms with Gasteiger partial charge in [-0.15, -0.1) is 0 Å². The highest BCUT2D eigenvalue weighted by molar-refractivity contribution is 6.03. The molecule has 2 heteroatoms. The van der Waals surface area contributed by atoms with E-state index in [1.165, 1.54) is 5.56 Å². The highest BCUT2D eigenvalue weighted by atomic mass is 16.3. The van der Waals surface area contributed by atoms with Gasteiger partial charge in [0.15, 0.2) is 0 Å². The first-order chi connectivity index (χ1) is 9.18. The van der Waals surface area contributed by atoms with Crippen molar-refractivity contribution in [3.05, 3.63) is 64.7 Å². The fourth-order valence-corrected chi connectivity index (χ4v) is 3.31. The molecule has 0 radical (unpaired) electrons. The zero-order chi connectivity index (χ0) is 13.1. The minimum absolute atomic E-state index is 0.826. The SMILES string of the molecule is Cc1ccc2c3c1C(O)C(O)C=C3c1ccccc1-2. The van der Waals surface area contributed by atoms with Gasteiger partial charge in [0.25, 0.3) is 0 Å². The lowest BCUT2D eigenvalue weighted by atomic mass is 9.84. The average Bonchev–Trinajstić information content (AvgIpc) is 2.72. The van der Waals surface area contributed by atoms with Crippen LogP contribution in [-0.4, -0.2) is 16.3 Å². The number of hydrogen-bond donors (Lipinski definition) is 2. The molecule has 2 N–H and O–H groups in total. The minimum Gasteiger partial charge on any atom is -0.386 e. The smallest absolute Gasteiger partial charge is 0.109 e. The molecule has 0 bridgehead atoms. The monoisotopic (exact) mass is 250 g/mol. The molecule has 2 aliphatic carbocycles. The highest BCUT2D eigenvalue weighted by Gasteiger charge is 2.35. The van der Waals surface area contributed by atoms with Gasteiger partial charge in [-0.1, -0.05) is 36.4 Å². The molecule has 2 aromatic rings. The van der Waals surface area contributed by atoms with Crippen molar-refractivity contribution in [1.82, 2.24) is 0 Å². The Bertz CT molecular complexity index is 728. The molecule has 0 aliphatic heterocycles. The molecular weight excluding hydrogens is 236 g/mol. The summed E-state index contributed by atoms with van der Waals surface area (Å²) < 4.78 is 0. The van der Waals surface area contributed by atoms with Crippen molar-refractivity contribution in [1.29, 1.82) is 0 Å². The summed E-state index contributed by atoms with van der Waals surface area (Å²) in [7, 11) is 0. The van der Waals surface area contributed by atoms with Crippen molar-refractivity contribution in [2.75, 3.05) is 0 Å². The Balaban J connectivity index is 2.16. The maximum atomic E-state index is 10.3. The van der Waals surface area contributed by atoms with E-state index in [2.05, 4.69) is 18.2 Å². The van der Waals surface area contributed by atoms with Crippen LogP contribution in [0.25, 0.3) is 16.7 Å². The Morgan fingerprint density at radius 1 is 0.895 bits per heavy atom. The Morgan fingerprint density at radius 2 is 1.63 bits per heavy atom. The number of aryl methyl sites for hydroxylation is 1. The molecular formula is C17H14O2. The summed E-state index contributed by atoms with van der Waals surface area (Å²) >= 11 is 0. The Morgan fingerprint density at radius 3 is 2.42 bits per heavy atom. The largest absolute Gasteiger partial charge is 0.386 e. The number of aliphatic hydroxyl groups is 2. The predicted molar refractivity (Wildman–Crippen MR) is 74.7 cm³/mol. The van der Waals surface area contributed by atoms with Crippen LogP contribution in [0.5, 0.6) is 0 Å². The fourth-order valence-electron chi connectivity index (χ4n) is 3.31. The van der Waals surface area contributed by atoms with Gasteiger partial charge in [-0.25, -0.2) is 0 Å². The number of aliphatic hydroxyl groups excluding tert-OH is 2. The van der Waals surface area contributed by atoms with E-state index in [0.717, 1.165) is 33.4 Å². The van der Waals surface area contributed by atoms with E-state index < -0.39 is 12.2 Å². The van der Waals surface area contributed by atoms with Crippen molar-refractivity contribution in [2.24, 2.45) is 0 Å². The summed E-state index contributed by atoms with van der Waals surface area (Å²) in [6.07, 6.45) is 0.123. The molecule has 2 aromatic carbocycles. The molecule has 0 fully saturated rings. The zero-order valence-electron chi connectivity index (χ0n) is 10.6. The van der Waals surface area contributed by atoms with Gasteiger partial charge in [0.05, 0.1) is 0 Å². The second kappa shape index (κ2) is 3.56. The Labute approximate surface area is 111 Å². The van der Waals surface area contributed by atoms with E-state index in [0.29, 0.717) is 0 Å². The van der Waals surface area contributed by atoms with Gasteiger partial charge < -0.3 is 10.2 Å². The van der Waals surface area contributed by atoms with Crippen LogP contribution in [0.1, 0.15) is 28.4 Å². The minimum atomic E-state index is -0.831. The van der Waals surface area contributed by atoms with Crippen molar-refractivity contribution < 1.29 is 10.2 Å². The summed E-state index contributed by atoms with van der Waals surface area (Å²) in [5, 5.41) is 20.3. The molecule has 0 aromatic heterocycles. The first-order valence-electron chi connectivity index (χ1n) is 6.50. The Kier molecular flexibility index (Phi) is 2.06. The zero-order valence-corrected chi connectivity index (χ0v) is 10.6. The molecule has 0 heterocycles. The number of fused-ring (bicyclic) bond motifs is 3. The molecule has 4 rings (SSSR count). The van der Waals surface area contributed by atoms with Crippen molar-refractivity contribution in [2.45, 2.75) is 19.1 Å². The van der Waals surface area contributed by atoms with E-state index in [1.54, 1.807) is 6.08 Å². The second-order valence-corrected chi connectivity index (χ2v) is 5.28. The van der Waals surface area contributed by atoms with Crippen LogP contribution in [0.15, 0.2) is 42.5 Å². The van der Waals surface area contributed by atoms with E-state index in [9.17, 15) is 10.2 Å². The van der Waals surface area contributed by atoms with Crippen LogP contribution >= 0.6 is 0 Å². The first kappa shape index (κ1) is 11.0. The van der Waals surface area contributed by atoms with E-state index in [1.807, 2.05) is 25.1 Å². The van der Waals surface area contributed by atoms with Crippen LogP contribution in [-0.2, 0) is 0 Å². The van der Waals surface area contributed by atoms with Crippen LogP contribution < -0.4 is 0 Å². The summed E-state index contributed by atoms with van der Waals surface area (Å²) in [6.45, 7) is 1.98. The maximum Gasteiger partial charge on any atom is 0.109 e. The summed E-state index contributed by atoms with van der Waals surface area (Å²) in [4.78, 5) is 0. The van der Waals surface area contributed by atoms with Crippen LogP contribution in [0, 0.1) is 6.92 Å². The highest BCUT2D eigenvalue weighted by Crippen LogP contribution is 2.50. The fraction of sp³-hybridized carbons (Fsp3) is 0.176. The van der Waals surface area contributed by atoms with Gasteiger partial charge in [0.1, 0.15) is 12.2 Å². The summed E-state index contributed by atoms with van der Waals surface area (Å²) in [5.74, 6) is 0. The standard InChI is InChI=1S/C17H14O2/c1-9-6-7-12-10-4-2-3-5-11(10)13-8-14(18)17(19)15(9)16(12)13/h2-8,14,17-19H,1H3. The molecule has 0 amide bonds. The number of benzene rings is 2. The number of hydrogen-bond acceptors (Lipinski definition) is 2. The third kappa shape index (κ3) is 1.28. The quantitative estimate of drug-likeness (QED) is 0.644. The van der Waals surface area contributed by atoms with Gasteiger partial charge in [0, 0.05) is 0 Å². The second-order valence-electron chi connectivity index (χ2n) is 5.28. The lowest BCUT2D eigenvalue weighted by Crippen LogP contribution is -2.22. The summed E-state index contributed by atoms with van der Waals surface area (Å²) in [5.41, 5.74) is 7.55. The first-order valence-corrected chi connectivity index (χ1v) is 6.50. The van der Waals surface area contributed by atoms with Gasteiger partial charge in [-0.2, -0.15) is 0 Å². The third-order valence-corrected chi connectivity index (χ3v) is 4.20. The molecule has 0 saturated carbocycles. The maximum absolute atomic E-state index is 10.3. The van der Waals surface area contributed by atoms with Crippen molar-refractivity contribution in [3.63, 3.8) is 0 Å². The van der Waals surface area contributed by atoms with Crippen LogP contribution in [0.4, 0.5) is 0 Å². The lowest BCUT2D eigenvalue weighted by Gasteiger charge is -2.26. The molecule has 2 aliphatic rings. The lowest BCUT2D eigenvalue weighted by molar-refractivity contribution is 0.0463. The van der Waals surface area contributed by atoms with E-state index in [-0.39, 0.29) is 0 Å². The normalized spacial score (nSPS) is 22.8. The molecule has 2 nitrogen and oxygen atoms in total. The third-order valence-electron chi connectivity index (χ3n) is 4.20. The molecule has 19 heavy (non-hydrogen) atoms. The van der Waals surface area contributed by atoms with Crippen LogP contribution in [0.2, 0.25) is 0 Å². The Hall–Kier alpha value is -1.90. The van der Waals surface area contributed by atoms with Gasteiger partial charge >= 0.3 is 0 Å². The van der Waals surface area contributed by atoms with E-state index in [4.69, 9.17) is 0 Å². The molecule has 0 spiro atoms. The van der Waals surface area contributed by atoms with Gasteiger partial charge in [0.2, 0.25) is 0 Å². The molecule has 2 atom stereocenters. The predicted octanol–water partition coefficient (Wildman–Crippen LogP) is 2.82. The van der Waals surface area contributed by atoms with E-state index >= 15 is 0 Å². The van der Waals surface area contributed by atoms with Crippen LogP contribution in [0.3, 0.4) is 0 Å². The van der Waals surface area contributed by atoms with Gasteiger partial charge in [-0.3, -0.25) is 0 Å². The van der Waals surface area contributed by atoms with Gasteiger partial charge in [-0.05, 0) is 52.0 Å².